The summed E-state index contributed by atoms with van der Waals surface area (Å²) in [6.45, 7) is 0. The molecule has 0 aliphatic rings. The summed E-state index contributed by atoms with van der Waals surface area (Å²) in [4.78, 5) is 0. The van der Waals surface area contributed by atoms with Crippen LogP contribution < -0.4 is 0 Å². The van der Waals surface area contributed by atoms with Crippen molar-refractivity contribution < 1.29 is 0 Å². The molecule has 1 nitrogen and oxygen atoms in total. The Morgan fingerprint density at radius 2 is 1.91 bits per heavy atom. The van der Waals surface area contributed by atoms with Gasteiger partial charge in [-0.2, -0.15) is 5.26 Å². The fourth-order valence-electron chi connectivity index (χ4n) is 0.590. The van der Waals surface area contributed by atoms with Crippen LogP contribution >= 0.6 is 57.6 Å². The van der Waals surface area contributed by atoms with Crippen LogP contribution in [0.3, 0.4) is 0 Å². The van der Waals surface area contributed by atoms with Crippen LogP contribution in [-0.4, -0.2) is 0 Å². The first-order valence-corrected chi connectivity index (χ1v) is 4.75. The van der Waals surface area contributed by atoms with E-state index in [1.54, 1.807) is 0 Å². The fourth-order valence-corrected chi connectivity index (χ4v) is 1.57. The van der Waals surface area contributed by atoms with Gasteiger partial charge in [0.15, 0.2) is 0 Å². The first-order chi connectivity index (χ1) is 4.75. The maximum Gasteiger partial charge on any atom is 0.100 e. The molecule has 1 rings (SSSR count). The maximum absolute atomic E-state index is 8.58. The normalized spacial score (nSPS) is 8.09. The Labute approximate surface area is 98.9 Å². The minimum Gasteiger partial charge on any atom is -0.192 e. The lowest BCUT2D eigenvalue weighted by Crippen LogP contribution is -1.83. The largest absolute Gasteiger partial charge is 0.192 e. The summed E-state index contributed by atoms with van der Waals surface area (Å²) < 4.78 is 2.18. The highest BCUT2D eigenvalue weighted by Gasteiger charge is 1.99. The second kappa shape index (κ2) is 5.17. The van der Waals surface area contributed by atoms with Crippen molar-refractivity contribution in [3.8, 4) is 6.07 Å². The molecule has 11 heavy (non-hydrogen) atoms. The van der Waals surface area contributed by atoms with Gasteiger partial charge in [0.1, 0.15) is 6.07 Å². The van der Waals surface area contributed by atoms with E-state index < -0.39 is 0 Å². The Balaban J connectivity index is 0.000001000. The van der Waals surface area contributed by atoms with E-state index in [-0.39, 0.29) is 12.4 Å². The Hall–Kier alpha value is 0.460. The molecule has 0 atom stereocenters. The van der Waals surface area contributed by atoms with Crippen LogP contribution in [0.15, 0.2) is 18.2 Å². The van der Waals surface area contributed by atoms with Crippen LogP contribution in [0.25, 0.3) is 0 Å². The first kappa shape index (κ1) is 11.5. The van der Waals surface area contributed by atoms with E-state index in [1.807, 2.05) is 18.2 Å². The van der Waals surface area contributed by atoms with Gasteiger partial charge in [0, 0.05) is 7.14 Å². The van der Waals surface area contributed by atoms with Gasteiger partial charge < -0.3 is 0 Å². The zero-order chi connectivity index (χ0) is 7.56. The Kier molecular flexibility index (Phi) is 5.38. The van der Waals surface area contributed by atoms with E-state index in [2.05, 4.69) is 51.3 Å². The van der Waals surface area contributed by atoms with Gasteiger partial charge in [-0.15, -0.1) is 12.4 Å². The monoisotopic (exact) mass is 391 g/mol. The van der Waals surface area contributed by atoms with Crippen molar-refractivity contribution in [2.24, 2.45) is 0 Å². The third kappa shape index (κ3) is 2.76. The molecule has 0 bridgehead atoms. The third-order valence-corrected chi connectivity index (χ3v) is 4.17. The number of hydrogen-bond donors (Lipinski definition) is 0. The predicted molar refractivity (Wildman–Crippen MR) is 63.8 cm³/mol. The topological polar surface area (TPSA) is 23.8 Å². The maximum atomic E-state index is 8.58. The lowest BCUT2D eigenvalue weighted by atomic mass is 10.2. The Morgan fingerprint density at radius 3 is 2.36 bits per heavy atom. The van der Waals surface area contributed by atoms with E-state index in [0.29, 0.717) is 0 Å². The van der Waals surface area contributed by atoms with Gasteiger partial charge in [-0.05, 0) is 57.3 Å². The molecule has 1 aromatic carbocycles. The van der Waals surface area contributed by atoms with Gasteiger partial charge in [0.25, 0.3) is 0 Å². The number of nitriles is 1. The average molecular weight is 391 g/mol. The molecule has 4 heteroatoms. The van der Waals surface area contributed by atoms with Crippen molar-refractivity contribution in [2.45, 2.75) is 0 Å². The van der Waals surface area contributed by atoms with Gasteiger partial charge >= 0.3 is 0 Å². The molecule has 0 fully saturated rings. The zero-order valence-corrected chi connectivity index (χ0v) is 10.5. The molecule has 0 saturated heterocycles. The van der Waals surface area contributed by atoms with Crippen LogP contribution in [0.4, 0.5) is 0 Å². The summed E-state index contributed by atoms with van der Waals surface area (Å²) in [5.41, 5.74) is 0.757. The summed E-state index contributed by atoms with van der Waals surface area (Å²) in [5, 5.41) is 8.58. The van der Waals surface area contributed by atoms with Crippen LogP contribution in [0.1, 0.15) is 5.56 Å². The van der Waals surface area contributed by atoms with Crippen molar-refractivity contribution >= 4 is 57.6 Å². The van der Waals surface area contributed by atoms with Gasteiger partial charge in [0.2, 0.25) is 0 Å². The smallest absolute Gasteiger partial charge is 0.100 e. The summed E-state index contributed by atoms with van der Waals surface area (Å²) in [7, 11) is 0. The highest BCUT2D eigenvalue weighted by Crippen LogP contribution is 2.17. The quantitative estimate of drug-likeness (QED) is 0.624. The fraction of sp³-hybridized carbons (Fsp3) is 0. The van der Waals surface area contributed by atoms with E-state index in [9.17, 15) is 0 Å². The lowest BCUT2D eigenvalue weighted by Gasteiger charge is -1.95. The molecule has 0 amide bonds. The van der Waals surface area contributed by atoms with Crippen LogP contribution in [0.2, 0.25) is 0 Å². The number of hydrogen-bond acceptors (Lipinski definition) is 1. The van der Waals surface area contributed by atoms with Gasteiger partial charge in [0.05, 0.1) is 5.56 Å². The van der Waals surface area contributed by atoms with Crippen molar-refractivity contribution in [2.75, 3.05) is 0 Å². The number of benzene rings is 1. The molecule has 58 valence electrons. The molecule has 0 aromatic heterocycles. The van der Waals surface area contributed by atoms with Crippen molar-refractivity contribution in [1.29, 1.82) is 5.26 Å². The first-order valence-electron chi connectivity index (χ1n) is 2.60. The lowest BCUT2D eigenvalue weighted by molar-refractivity contribution is 1.45. The van der Waals surface area contributed by atoms with Gasteiger partial charge in [-0.3, -0.25) is 0 Å². The Morgan fingerprint density at radius 1 is 1.27 bits per heavy atom. The van der Waals surface area contributed by atoms with Crippen LogP contribution in [-0.2, 0) is 0 Å². The van der Waals surface area contributed by atoms with Gasteiger partial charge in [-0.1, -0.05) is 6.07 Å². The molecule has 0 radical (unpaired) electrons. The number of rotatable bonds is 0. The number of halogens is 3. The summed E-state index contributed by atoms with van der Waals surface area (Å²) in [5.74, 6) is 0. The SMILES string of the molecule is Cl.N#Cc1cccc(I)c1I. The van der Waals surface area contributed by atoms with E-state index >= 15 is 0 Å². The van der Waals surface area contributed by atoms with Crippen molar-refractivity contribution in [1.82, 2.24) is 0 Å². The van der Waals surface area contributed by atoms with Gasteiger partial charge in [-0.25, -0.2) is 0 Å². The number of nitrogens with zero attached hydrogens (tertiary/aromatic N) is 1. The van der Waals surface area contributed by atoms with Crippen LogP contribution in [0.5, 0.6) is 0 Å². The Bertz CT molecular complexity index is 293. The highest BCUT2D eigenvalue weighted by molar-refractivity contribution is 14.1. The minimum atomic E-state index is 0. The van der Waals surface area contributed by atoms with E-state index in [4.69, 9.17) is 5.26 Å². The second-order valence-electron chi connectivity index (χ2n) is 1.71. The molecule has 0 heterocycles. The average Bonchev–Trinajstić information content (AvgIpc) is 1.95. The standard InChI is InChI=1S/C7H3I2N.ClH/c8-6-3-1-2-5(4-10)7(6)9;/h1-3H;1H. The third-order valence-electron chi connectivity index (χ3n) is 1.07. The van der Waals surface area contributed by atoms with E-state index in [0.717, 1.165) is 12.7 Å². The summed E-state index contributed by atoms with van der Waals surface area (Å²) >= 11 is 4.39. The molecule has 0 spiro atoms. The molecule has 0 saturated carbocycles. The summed E-state index contributed by atoms with van der Waals surface area (Å²) in [6, 6.07) is 7.83. The molecular formula is C7H4ClI2N. The minimum absolute atomic E-state index is 0. The predicted octanol–water partition coefficient (Wildman–Crippen LogP) is 3.19. The molecule has 0 N–H and O–H groups in total. The molecular weight excluding hydrogens is 387 g/mol. The van der Waals surface area contributed by atoms with Crippen molar-refractivity contribution in [3.05, 3.63) is 30.9 Å². The highest BCUT2D eigenvalue weighted by atomic mass is 127. The van der Waals surface area contributed by atoms with Crippen molar-refractivity contribution in [3.63, 3.8) is 0 Å². The molecule has 1 aromatic rings. The molecule has 0 aliphatic heterocycles. The zero-order valence-electron chi connectivity index (χ0n) is 5.34. The summed E-state index contributed by atoms with van der Waals surface area (Å²) in [6.07, 6.45) is 0. The second-order valence-corrected chi connectivity index (χ2v) is 3.95. The molecule has 0 unspecified atom stereocenters. The van der Waals surface area contributed by atoms with Crippen LogP contribution in [0, 0.1) is 18.5 Å². The molecule has 0 aliphatic carbocycles. The van der Waals surface area contributed by atoms with E-state index in [1.165, 1.54) is 0 Å².